The Labute approximate surface area is 97.5 Å². The van der Waals surface area contributed by atoms with Crippen molar-refractivity contribution in [2.24, 2.45) is 5.73 Å². The van der Waals surface area contributed by atoms with Crippen LogP contribution in [0, 0.1) is 5.82 Å². The number of fused-ring (bicyclic) bond motifs is 1. The van der Waals surface area contributed by atoms with Crippen molar-refractivity contribution in [3.05, 3.63) is 35.8 Å². The predicted octanol–water partition coefficient (Wildman–Crippen LogP) is 1.88. The van der Waals surface area contributed by atoms with Gasteiger partial charge in [0.25, 0.3) is 0 Å². The van der Waals surface area contributed by atoms with Gasteiger partial charge in [-0.2, -0.15) is 0 Å². The van der Waals surface area contributed by atoms with E-state index < -0.39 is 12.0 Å². The highest BCUT2D eigenvalue weighted by Crippen LogP contribution is 2.25. The lowest BCUT2D eigenvalue weighted by Gasteiger charge is -2.10. The molecule has 1 atom stereocenters. The van der Waals surface area contributed by atoms with Gasteiger partial charge in [0.15, 0.2) is 0 Å². The molecular weight excluding hydrogens is 223 g/mol. The van der Waals surface area contributed by atoms with Crippen molar-refractivity contribution < 1.29 is 14.3 Å². The summed E-state index contributed by atoms with van der Waals surface area (Å²) in [6.07, 6.45) is 0. The average Bonchev–Trinajstić information content (AvgIpc) is 2.67. The molecule has 0 amide bonds. The third-order valence-corrected chi connectivity index (χ3v) is 2.83. The number of aromatic nitrogens is 1. The Kier molecular flexibility index (Phi) is 2.85. The van der Waals surface area contributed by atoms with Gasteiger partial charge in [0.05, 0.1) is 5.52 Å². The summed E-state index contributed by atoms with van der Waals surface area (Å²) in [7, 11) is 0. The highest BCUT2D eigenvalue weighted by atomic mass is 19.1. The number of carboxylic acids is 1. The van der Waals surface area contributed by atoms with Gasteiger partial charge in [-0.1, -0.05) is 6.07 Å². The Balaban J connectivity index is 2.72. The van der Waals surface area contributed by atoms with Crippen LogP contribution in [0.5, 0.6) is 0 Å². The molecule has 4 nitrogen and oxygen atoms in total. The van der Waals surface area contributed by atoms with Crippen LogP contribution in [0.15, 0.2) is 24.3 Å². The van der Waals surface area contributed by atoms with Crippen LogP contribution in [0.3, 0.4) is 0 Å². The highest BCUT2D eigenvalue weighted by molar-refractivity contribution is 5.85. The molecule has 0 bridgehead atoms. The van der Waals surface area contributed by atoms with Gasteiger partial charge >= 0.3 is 5.97 Å². The van der Waals surface area contributed by atoms with E-state index in [4.69, 9.17) is 10.8 Å². The highest BCUT2D eigenvalue weighted by Gasteiger charge is 2.21. The molecular formula is C12H13FN2O2. The number of nitrogens with two attached hydrogens (primary N) is 1. The number of nitrogens with zero attached hydrogens (tertiary/aromatic N) is 1. The maximum absolute atomic E-state index is 13.6. The smallest absolute Gasteiger partial charge is 0.326 e. The van der Waals surface area contributed by atoms with Crippen LogP contribution in [-0.4, -0.2) is 15.6 Å². The number of carboxylic acid groups (broad SMARTS) is 1. The molecule has 0 saturated heterocycles. The number of halogens is 1. The summed E-state index contributed by atoms with van der Waals surface area (Å²) in [5.41, 5.74) is 6.67. The first kappa shape index (κ1) is 11.6. The van der Waals surface area contributed by atoms with Crippen molar-refractivity contribution >= 4 is 16.9 Å². The molecule has 0 saturated carbocycles. The predicted molar refractivity (Wildman–Crippen MR) is 62.1 cm³/mol. The molecule has 5 heteroatoms. The molecule has 1 heterocycles. The van der Waals surface area contributed by atoms with E-state index >= 15 is 0 Å². The Morgan fingerprint density at radius 1 is 1.59 bits per heavy atom. The molecule has 0 spiro atoms. The molecule has 0 radical (unpaired) electrons. The van der Waals surface area contributed by atoms with Crippen molar-refractivity contribution in [3.63, 3.8) is 0 Å². The minimum Gasteiger partial charge on any atom is -0.480 e. The molecule has 3 N–H and O–H groups in total. The molecule has 0 aliphatic rings. The van der Waals surface area contributed by atoms with Gasteiger partial charge in [0.1, 0.15) is 11.9 Å². The lowest BCUT2D eigenvalue weighted by Crippen LogP contribution is -2.23. The molecule has 1 aromatic heterocycles. The Morgan fingerprint density at radius 2 is 2.29 bits per heavy atom. The van der Waals surface area contributed by atoms with Crippen LogP contribution in [0.25, 0.3) is 10.9 Å². The Hall–Kier alpha value is -1.88. The number of aliphatic carboxylic acids is 1. The van der Waals surface area contributed by atoms with Gasteiger partial charge in [-0.05, 0) is 25.1 Å². The topological polar surface area (TPSA) is 68.2 Å². The second-order valence-corrected chi connectivity index (χ2v) is 3.80. The second kappa shape index (κ2) is 4.18. The molecule has 2 rings (SSSR count). The van der Waals surface area contributed by atoms with Crippen LogP contribution in [0.4, 0.5) is 4.39 Å². The van der Waals surface area contributed by atoms with E-state index in [1.165, 1.54) is 12.1 Å². The molecule has 0 aliphatic heterocycles. The van der Waals surface area contributed by atoms with Crippen LogP contribution in [-0.2, 0) is 11.3 Å². The van der Waals surface area contributed by atoms with Crippen molar-refractivity contribution in [2.45, 2.75) is 19.5 Å². The van der Waals surface area contributed by atoms with Gasteiger partial charge in [-0.25, -0.2) is 4.39 Å². The molecule has 0 aliphatic carbocycles. The third kappa shape index (κ3) is 1.78. The zero-order valence-corrected chi connectivity index (χ0v) is 9.35. The maximum Gasteiger partial charge on any atom is 0.326 e. The first-order valence-corrected chi connectivity index (χ1v) is 5.32. The van der Waals surface area contributed by atoms with Crippen molar-refractivity contribution in [2.75, 3.05) is 0 Å². The fraction of sp³-hybridized carbons (Fsp3) is 0.250. The molecule has 0 fully saturated rings. The summed E-state index contributed by atoms with van der Waals surface area (Å²) in [6.45, 7) is 2.41. The minimum absolute atomic E-state index is 0.367. The number of aryl methyl sites for hydroxylation is 1. The van der Waals surface area contributed by atoms with Gasteiger partial charge in [0, 0.05) is 17.6 Å². The summed E-state index contributed by atoms with van der Waals surface area (Å²) in [5, 5.41) is 9.32. The summed E-state index contributed by atoms with van der Waals surface area (Å²) >= 11 is 0. The number of hydrogen-bond acceptors (Lipinski definition) is 2. The zero-order chi connectivity index (χ0) is 12.6. The van der Waals surface area contributed by atoms with E-state index in [-0.39, 0.29) is 5.82 Å². The summed E-state index contributed by atoms with van der Waals surface area (Å²) in [4.78, 5) is 10.9. The fourth-order valence-electron chi connectivity index (χ4n) is 2.01. The fourth-order valence-corrected chi connectivity index (χ4v) is 2.01. The standard InChI is InChI=1S/C12H13FN2O2/c1-2-15-9-5-3-4-8(13)7(9)6-10(15)11(14)12(16)17/h3-6,11H,2,14H2,1H3,(H,16,17). The molecule has 1 unspecified atom stereocenters. The van der Waals surface area contributed by atoms with Crippen molar-refractivity contribution in [1.29, 1.82) is 0 Å². The van der Waals surface area contributed by atoms with Crippen LogP contribution in [0.1, 0.15) is 18.7 Å². The van der Waals surface area contributed by atoms with Crippen molar-refractivity contribution in [1.82, 2.24) is 4.57 Å². The van der Waals surface area contributed by atoms with Gasteiger partial charge in [-0.3, -0.25) is 4.79 Å². The number of carbonyl (C=O) groups is 1. The van der Waals surface area contributed by atoms with Crippen LogP contribution in [0.2, 0.25) is 0 Å². The Bertz CT molecular complexity index is 577. The van der Waals surface area contributed by atoms with Gasteiger partial charge < -0.3 is 15.4 Å². The van der Waals surface area contributed by atoms with Crippen LogP contribution < -0.4 is 5.73 Å². The van der Waals surface area contributed by atoms with E-state index in [2.05, 4.69) is 0 Å². The van der Waals surface area contributed by atoms with E-state index in [0.29, 0.717) is 23.1 Å². The van der Waals surface area contributed by atoms with Gasteiger partial charge in [0.2, 0.25) is 0 Å². The third-order valence-electron chi connectivity index (χ3n) is 2.83. The number of rotatable bonds is 3. The molecule has 17 heavy (non-hydrogen) atoms. The quantitative estimate of drug-likeness (QED) is 0.855. The average molecular weight is 236 g/mol. The van der Waals surface area contributed by atoms with Crippen molar-refractivity contribution in [3.8, 4) is 0 Å². The summed E-state index contributed by atoms with van der Waals surface area (Å²) in [5.74, 6) is -1.49. The Morgan fingerprint density at radius 3 is 2.88 bits per heavy atom. The van der Waals surface area contributed by atoms with E-state index in [9.17, 15) is 9.18 Å². The maximum atomic E-state index is 13.6. The lowest BCUT2D eigenvalue weighted by molar-refractivity contribution is -0.138. The monoisotopic (exact) mass is 236 g/mol. The summed E-state index contributed by atoms with van der Waals surface area (Å²) in [6, 6.07) is 5.06. The van der Waals surface area contributed by atoms with E-state index in [1.807, 2.05) is 6.92 Å². The molecule has 2 aromatic rings. The minimum atomic E-state index is -1.14. The zero-order valence-electron chi connectivity index (χ0n) is 9.35. The number of benzene rings is 1. The molecule has 90 valence electrons. The molecule has 1 aromatic carbocycles. The first-order valence-electron chi connectivity index (χ1n) is 5.32. The van der Waals surface area contributed by atoms with Crippen LogP contribution >= 0.6 is 0 Å². The van der Waals surface area contributed by atoms with E-state index in [1.54, 1.807) is 16.7 Å². The number of hydrogen-bond donors (Lipinski definition) is 2. The largest absolute Gasteiger partial charge is 0.480 e. The second-order valence-electron chi connectivity index (χ2n) is 3.80. The van der Waals surface area contributed by atoms with Gasteiger partial charge in [-0.15, -0.1) is 0 Å². The summed E-state index contributed by atoms with van der Waals surface area (Å²) < 4.78 is 15.3. The van der Waals surface area contributed by atoms with E-state index in [0.717, 1.165) is 0 Å². The SMILES string of the molecule is CCn1c(C(N)C(=O)O)cc2c(F)cccc21. The first-order chi connectivity index (χ1) is 8.06. The normalized spacial score (nSPS) is 12.9. The lowest BCUT2D eigenvalue weighted by atomic mass is 10.2.